The monoisotopic (exact) mass is 304 g/mol. The molecule has 0 bridgehead atoms. The molecule has 5 nitrogen and oxygen atoms in total. The van der Waals surface area contributed by atoms with Crippen LogP contribution in [0.2, 0.25) is 0 Å². The molecule has 1 aromatic carbocycles. The predicted molar refractivity (Wildman–Crippen MR) is 86.0 cm³/mol. The third kappa shape index (κ3) is 5.26. The highest BCUT2D eigenvalue weighted by Gasteiger charge is 2.05. The predicted octanol–water partition coefficient (Wildman–Crippen LogP) is 2.06. The molecule has 112 valence electrons. The lowest BCUT2D eigenvalue weighted by Gasteiger charge is -2.16. The fraction of sp³-hybridized carbons (Fsp3) is 0.333. The van der Waals surface area contributed by atoms with E-state index in [1.165, 1.54) is 0 Å². The topological polar surface area (TPSA) is 71.2 Å². The van der Waals surface area contributed by atoms with Crippen LogP contribution in [0.4, 0.5) is 5.69 Å². The Morgan fingerprint density at radius 3 is 3.00 bits per heavy atom. The second kappa shape index (κ2) is 7.87. The van der Waals surface area contributed by atoms with Gasteiger partial charge < -0.3 is 11.1 Å². The van der Waals surface area contributed by atoms with Gasteiger partial charge >= 0.3 is 0 Å². The summed E-state index contributed by atoms with van der Waals surface area (Å²) in [6.07, 6.45) is 0.341. The van der Waals surface area contributed by atoms with Gasteiger partial charge in [0, 0.05) is 37.1 Å². The Hall–Kier alpha value is -1.76. The number of rotatable bonds is 7. The molecule has 2 rings (SSSR count). The Morgan fingerprint density at radius 2 is 2.29 bits per heavy atom. The Morgan fingerprint density at radius 1 is 1.43 bits per heavy atom. The smallest absolute Gasteiger partial charge is 0.225 e. The van der Waals surface area contributed by atoms with E-state index >= 15 is 0 Å². The zero-order valence-electron chi connectivity index (χ0n) is 12.1. The molecular formula is C15H20N4OS. The molecule has 0 unspecified atom stereocenters. The van der Waals surface area contributed by atoms with Crippen LogP contribution in [0.3, 0.4) is 0 Å². The van der Waals surface area contributed by atoms with E-state index in [0.717, 1.165) is 30.0 Å². The molecular weight excluding hydrogens is 284 g/mol. The summed E-state index contributed by atoms with van der Waals surface area (Å²) in [5.41, 5.74) is 10.3. The summed E-state index contributed by atoms with van der Waals surface area (Å²) in [6.45, 7) is 1.98. The van der Waals surface area contributed by atoms with Crippen LogP contribution in [0.5, 0.6) is 0 Å². The van der Waals surface area contributed by atoms with Crippen LogP contribution in [-0.2, 0) is 17.9 Å². The van der Waals surface area contributed by atoms with Gasteiger partial charge in [-0.3, -0.25) is 9.69 Å². The minimum absolute atomic E-state index is 0.0505. The molecule has 6 heteroatoms. The third-order valence-electron chi connectivity index (χ3n) is 2.95. The average molecular weight is 304 g/mol. The van der Waals surface area contributed by atoms with Crippen molar-refractivity contribution < 1.29 is 4.79 Å². The molecule has 1 aromatic heterocycles. The molecule has 21 heavy (non-hydrogen) atoms. The molecule has 0 saturated carbocycles. The van der Waals surface area contributed by atoms with Crippen molar-refractivity contribution >= 4 is 22.9 Å². The molecule has 2 aromatic rings. The van der Waals surface area contributed by atoms with Gasteiger partial charge in [-0.15, -0.1) is 11.3 Å². The van der Waals surface area contributed by atoms with E-state index in [-0.39, 0.29) is 5.91 Å². The highest BCUT2D eigenvalue weighted by Crippen LogP contribution is 2.14. The van der Waals surface area contributed by atoms with Gasteiger partial charge in [-0.25, -0.2) is 4.98 Å². The number of hydrogen-bond acceptors (Lipinski definition) is 5. The van der Waals surface area contributed by atoms with Gasteiger partial charge in [0.1, 0.15) is 0 Å². The quantitative estimate of drug-likeness (QED) is 0.821. The number of benzene rings is 1. The fourth-order valence-corrected chi connectivity index (χ4v) is 2.61. The van der Waals surface area contributed by atoms with E-state index < -0.39 is 0 Å². The Balaban J connectivity index is 1.92. The van der Waals surface area contributed by atoms with Crippen LogP contribution in [0, 0.1) is 0 Å². The Labute approximate surface area is 128 Å². The summed E-state index contributed by atoms with van der Waals surface area (Å²) in [5, 5.41) is 4.91. The zero-order valence-corrected chi connectivity index (χ0v) is 12.9. The zero-order chi connectivity index (χ0) is 15.1. The highest BCUT2D eigenvalue weighted by molar-refractivity contribution is 7.07. The first kappa shape index (κ1) is 15.6. The maximum absolute atomic E-state index is 11.5. The maximum Gasteiger partial charge on any atom is 0.225 e. The second-order valence-electron chi connectivity index (χ2n) is 4.94. The van der Waals surface area contributed by atoms with Crippen molar-refractivity contribution in [1.29, 1.82) is 0 Å². The molecule has 0 saturated heterocycles. The number of nitrogens with one attached hydrogen (secondary N) is 1. The van der Waals surface area contributed by atoms with Gasteiger partial charge in [-0.2, -0.15) is 0 Å². The van der Waals surface area contributed by atoms with Gasteiger partial charge in [0.25, 0.3) is 0 Å². The summed E-state index contributed by atoms with van der Waals surface area (Å²) < 4.78 is 0. The largest absolute Gasteiger partial charge is 0.330 e. The third-order valence-corrected chi connectivity index (χ3v) is 3.59. The van der Waals surface area contributed by atoms with Crippen LogP contribution >= 0.6 is 11.3 Å². The number of nitrogens with two attached hydrogens (primary N) is 1. The molecule has 0 aliphatic rings. The Kier molecular flexibility index (Phi) is 5.86. The van der Waals surface area contributed by atoms with Crippen LogP contribution in [0.15, 0.2) is 35.2 Å². The number of amides is 1. The lowest BCUT2D eigenvalue weighted by atomic mass is 10.2. The van der Waals surface area contributed by atoms with Crippen LogP contribution in [0.25, 0.3) is 0 Å². The lowest BCUT2D eigenvalue weighted by Crippen LogP contribution is -2.18. The number of hydrogen-bond donors (Lipinski definition) is 2. The van der Waals surface area contributed by atoms with Crippen molar-refractivity contribution in [3.05, 3.63) is 46.4 Å². The number of aromatic nitrogens is 1. The second-order valence-corrected chi connectivity index (χ2v) is 5.66. The minimum atomic E-state index is -0.0505. The number of nitrogens with zero attached hydrogens (tertiary/aromatic N) is 2. The van der Waals surface area contributed by atoms with Gasteiger partial charge in [-0.05, 0) is 24.7 Å². The van der Waals surface area contributed by atoms with E-state index in [9.17, 15) is 4.79 Å². The molecule has 0 aliphatic carbocycles. The number of anilines is 1. The van der Waals surface area contributed by atoms with Crippen molar-refractivity contribution in [3.63, 3.8) is 0 Å². The lowest BCUT2D eigenvalue weighted by molar-refractivity contribution is -0.116. The van der Waals surface area contributed by atoms with Crippen molar-refractivity contribution in [1.82, 2.24) is 9.88 Å². The van der Waals surface area contributed by atoms with Crippen molar-refractivity contribution in [2.75, 3.05) is 18.9 Å². The fourth-order valence-electron chi connectivity index (χ4n) is 2.06. The molecule has 1 amide bonds. The number of thiazole rings is 1. The standard InChI is InChI=1S/C15H20N4OS/c1-19(9-14-10-21-11-17-14)8-12-3-2-4-13(7-12)18-15(20)5-6-16/h2-4,7,10-11H,5-6,8-9,16H2,1H3,(H,18,20). The maximum atomic E-state index is 11.5. The van der Waals surface area contributed by atoms with E-state index in [2.05, 4.69) is 33.7 Å². The van der Waals surface area contributed by atoms with E-state index in [0.29, 0.717) is 13.0 Å². The molecule has 0 atom stereocenters. The normalized spacial score (nSPS) is 10.8. The van der Waals surface area contributed by atoms with Crippen molar-refractivity contribution in [3.8, 4) is 0 Å². The van der Waals surface area contributed by atoms with Crippen molar-refractivity contribution in [2.24, 2.45) is 5.73 Å². The summed E-state index contributed by atoms with van der Waals surface area (Å²) in [7, 11) is 2.05. The molecule has 1 heterocycles. The van der Waals surface area contributed by atoms with Gasteiger partial charge in [0.2, 0.25) is 5.91 Å². The van der Waals surface area contributed by atoms with Gasteiger partial charge in [-0.1, -0.05) is 12.1 Å². The number of carbonyl (C=O) groups is 1. The summed E-state index contributed by atoms with van der Waals surface area (Å²) in [4.78, 5) is 18.0. The van der Waals surface area contributed by atoms with E-state index in [1.54, 1.807) is 11.3 Å². The molecule has 0 fully saturated rings. The first-order valence-corrected chi connectivity index (χ1v) is 7.76. The molecule has 0 radical (unpaired) electrons. The first-order valence-electron chi connectivity index (χ1n) is 6.82. The average Bonchev–Trinajstić information content (AvgIpc) is 2.92. The Bertz CT molecular complexity index is 571. The van der Waals surface area contributed by atoms with Gasteiger partial charge in [0.15, 0.2) is 0 Å². The summed E-state index contributed by atoms with van der Waals surface area (Å²) >= 11 is 1.61. The van der Waals surface area contributed by atoms with Crippen LogP contribution in [-0.4, -0.2) is 29.4 Å². The number of carbonyl (C=O) groups excluding carboxylic acids is 1. The highest BCUT2D eigenvalue weighted by atomic mass is 32.1. The minimum Gasteiger partial charge on any atom is -0.330 e. The van der Waals surface area contributed by atoms with Crippen LogP contribution < -0.4 is 11.1 Å². The van der Waals surface area contributed by atoms with E-state index in [1.807, 2.05) is 23.7 Å². The first-order chi connectivity index (χ1) is 10.2. The molecule has 0 aliphatic heterocycles. The SMILES string of the molecule is CN(Cc1cccc(NC(=O)CCN)c1)Cc1cscn1. The molecule has 3 N–H and O–H groups in total. The summed E-state index contributed by atoms with van der Waals surface area (Å²) in [6, 6.07) is 7.88. The molecule has 0 spiro atoms. The van der Waals surface area contributed by atoms with Crippen LogP contribution in [0.1, 0.15) is 17.7 Å². The van der Waals surface area contributed by atoms with E-state index in [4.69, 9.17) is 5.73 Å². The van der Waals surface area contributed by atoms with Gasteiger partial charge in [0.05, 0.1) is 11.2 Å². The summed E-state index contributed by atoms with van der Waals surface area (Å²) in [5.74, 6) is -0.0505. The van der Waals surface area contributed by atoms with Crippen molar-refractivity contribution in [2.45, 2.75) is 19.5 Å².